The molecule has 1 aliphatic rings. The molecule has 0 saturated heterocycles. The van der Waals surface area contributed by atoms with Crippen LogP contribution in [0.15, 0.2) is 24.3 Å². The van der Waals surface area contributed by atoms with E-state index in [0.29, 0.717) is 25.3 Å². The van der Waals surface area contributed by atoms with Crippen LogP contribution >= 0.6 is 11.6 Å². The van der Waals surface area contributed by atoms with Crippen molar-refractivity contribution < 1.29 is 9.90 Å². The Kier molecular flexibility index (Phi) is 3.68. The minimum atomic E-state index is -0.155. The summed E-state index contributed by atoms with van der Waals surface area (Å²) in [7, 11) is 0. The van der Waals surface area contributed by atoms with Gasteiger partial charge in [-0.3, -0.25) is 4.79 Å². The maximum atomic E-state index is 12.1. The molecule has 5 heteroatoms. The van der Waals surface area contributed by atoms with E-state index in [4.69, 9.17) is 11.6 Å². The Morgan fingerprint density at radius 2 is 2.25 bits per heavy atom. The van der Waals surface area contributed by atoms with Crippen LogP contribution in [0.4, 0.5) is 0 Å². The van der Waals surface area contributed by atoms with Crippen LogP contribution in [0.1, 0.15) is 17.7 Å². The molecule has 1 aromatic heterocycles. The summed E-state index contributed by atoms with van der Waals surface area (Å²) in [6.07, 6.45) is 0.998. The Bertz CT molecular complexity index is 638. The molecule has 2 N–H and O–H groups in total. The highest BCUT2D eigenvalue weighted by atomic mass is 35.5. The fraction of sp³-hybridized carbons (Fsp3) is 0.400. The third kappa shape index (κ3) is 2.19. The molecule has 1 atom stereocenters. The summed E-state index contributed by atoms with van der Waals surface area (Å²) in [5, 5.41) is 10.8. The maximum absolute atomic E-state index is 12.1. The number of hydrogen-bond acceptors (Lipinski definition) is 2. The number of aliphatic hydroxyl groups is 1. The zero-order valence-corrected chi connectivity index (χ0v) is 11.9. The standard InChI is InChI=1S/C15H17ClN2O2/c16-6-5-15(20)18-8-14-12(7-10(18)9-19)11-3-1-2-4-13(11)17-14/h1-4,10,17,19H,5-9H2. The third-order valence-corrected chi connectivity index (χ3v) is 4.14. The lowest BCUT2D eigenvalue weighted by atomic mass is 9.97. The van der Waals surface area contributed by atoms with Gasteiger partial charge in [-0.1, -0.05) is 18.2 Å². The van der Waals surface area contributed by atoms with Crippen LogP contribution in [0.2, 0.25) is 0 Å². The van der Waals surface area contributed by atoms with Gasteiger partial charge in [0.15, 0.2) is 0 Å². The van der Waals surface area contributed by atoms with Crippen LogP contribution in [-0.4, -0.2) is 39.4 Å². The molecule has 0 bridgehead atoms. The second-order valence-electron chi connectivity index (χ2n) is 5.13. The first-order chi connectivity index (χ1) is 9.74. The van der Waals surface area contributed by atoms with Crippen LogP contribution in [0, 0.1) is 0 Å². The Balaban J connectivity index is 1.98. The van der Waals surface area contributed by atoms with Crippen molar-refractivity contribution in [1.29, 1.82) is 0 Å². The van der Waals surface area contributed by atoms with E-state index in [-0.39, 0.29) is 18.6 Å². The van der Waals surface area contributed by atoms with E-state index in [0.717, 1.165) is 11.2 Å². The number of H-pyrrole nitrogens is 1. The maximum Gasteiger partial charge on any atom is 0.224 e. The molecule has 0 spiro atoms. The quantitative estimate of drug-likeness (QED) is 0.851. The molecule has 1 aliphatic heterocycles. The fourth-order valence-corrected chi connectivity index (χ4v) is 3.11. The number of hydrogen-bond donors (Lipinski definition) is 2. The Hall–Kier alpha value is -1.52. The fourth-order valence-electron chi connectivity index (χ4n) is 2.95. The van der Waals surface area contributed by atoms with Crippen molar-refractivity contribution >= 4 is 28.4 Å². The monoisotopic (exact) mass is 292 g/mol. The summed E-state index contributed by atoms with van der Waals surface area (Å²) in [5.41, 5.74) is 3.37. The number of para-hydroxylation sites is 1. The number of nitrogens with zero attached hydrogens (tertiary/aromatic N) is 1. The summed E-state index contributed by atoms with van der Waals surface area (Å²) in [5.74, 6) is 0.316. The van der Waals surface area contributed by atoms with Crippen molar-refractivity contribution in [3.8, 4) is 0 Å². The van der Waals surface area contributed by atoms with Crippen molar-refractivity contribution in [2.45, 2.75) is 25.4 Å². The SMILES string of the molecule is O=C(CCCl)N1Cc2[nH]c3ccccc3c2CC1CO. The summed E-state index contributed by atoms with van der Waals surface area (Å²) in [4.78, 5) is 17.2. The minimum absolute atomic E-state index is 0.00311. The molecule has 0 fully saturated rings. The summed E-state index contributed by atoms with van der Waals surface area (Å²) < 4.78 is 0. The number of alkyl halides is 1. The summed E-state index contributed by atoms with van der Waals surface area (Å²) in [6.45, 7) is 0.498. The number of amides is 1. The summed E-state index contributed by atoms with van der Waals surface area (Å²) >= 11 is 5.65. The molecule has 106 valence electrons. The Labute approximate surface area is 122 Å². The molecule has 0 radical (unpaired) electrons. The van der Waals surface area contributed by atoms with Gasteiger partial charge in [-0.05, 0) is 18.1 Å². The predicted octanol–water partition coefficient (Wildman–Crippen LogP) is 2.04. The zero-order chi connectivity index (χ0) is 14.1. The third-order valence-electron chi connectivity index (χ3n) is 3.95. The second kappa shape index (κ2) is 5.46. The number of benzene rings is 1. The molecule has 1 amide bonds. The average molecular weight is 293 g/mol. The van der Waals surface area contributed by atoms with Crippen LogP contribution < -0.4 is 0 Å². The average Bonchev–Trinajstić information content (AvgIpc) is 2.83. The lowest BCUT2D eigenvalue weighted by molar-refractivity contribution is -0.135. The smallest absolute Gasteiger partial charge is 0.224 e. The Morgan fingerprint density at radius 3 is 3.00 bits per heavy atom. The highest BCUT2D eigenvalue weighted by molar-refractivity contribution is 6.18. The number of aromatic nitrogens is 1. The highest BCUT2D eigenvalue weighted by Gasteiger charge is 2.30. The molecule has 4 nitrogen and oxygen atoms in total. The van der Waals surface area contributed by atoms with Crippen LogP contribution in [0.5, 0.6) is 0 Å². The second-order valence-corrected chi connectivity index (χ2v) is 5.51. The first kappa shape index (κ1) is 13.5. The molecule has 20 heavy (non-hydrogen) atoms. The van der Waals surface area contributed by atoms with E-state index in [9.17, 15) is 9.90 Å². The highest BCUT2D eigenvalue weighted by Crippen LogP contribution is 2.30. The van der Waals surface area contributed by atoms with E-state index in [1.807, 2.05) is 18.2 Å². The van der Waals surface area contributed by atoms with Crippen LogP contribution in [-0.2, 0) is 17.8 Å². The van der Waals surface area contributed by atoms with Gasteiger partial charge in [-0.2, -0.15) is 0 Å². The van der Waals surface area contributed by atoms with Crippen molar-refractivity contribution in [2.24, 2.45) is 0 Å². The number of aliphatic hydroxyl groups excluding tert-OH is 1. The minimum Gasteiger partial charge on any atom is -0.394 e. The van der Waals surface area contributed by atoms with Crippen molar-refractivity contribution in [3.05, 3.63) is 35.5 Å². The lowest BCUT2D eigenvalue weighted by Crippen LogP contribution is -2.46. The Morgan fingerprint density at radius 1 is 1.45 bits per heavy atom. The molecule has 0 aliphatic carbocycles. The summed E-state index contributed by atoms with van der Waals surface area (Å²) in [6, 6.07) is 7.96. The van der Waals surface area contributed by atoms with Gasteiger partial charge in [-0.15, -0.1) is 11.6 Å². The normalized spacial score (nSPS) is 18.3. The first-order valence-electron chi connectivity index (χ1n) is 6.79. The number of halogens is 1. The first-order valence-corrected chi connectivity index (χ1v) is 7.32. The molecule has 3 rings (SSSR count). The van der Waals surface area contributed by atoms with Gasteiger partial charge < -0.3 is 15.0 Å². The predicted molar refractivity (Wildman–Crippen MR) is 78.8 cm³/mol. The van der Waals surface area contributed by atoms with Gasteiger partial charge in [0.2, 0.25) is 5.91 Å². The molecular formula is C15H17ClN2O2. The molecule has 2 aromatic rings. The number of fused-ring (bicyclic) bond motifs is 3. The number of aromatic amines is 1. The molecule has 1 unspecified atom stereocenters. The lowest BCUT2D eigenvalue weighted by Gasteiger charge is -2.34. The van der Waals surface area contributed by atoms with Gasteiger partial charge in [0.1, 0.15) is 0 Å². The van der Waals surface area contributed by atoms with Gasteiger partial charge >= 0.3 is 0 Å². The number of nitrogens with one attached hydrogen (secondary N) is 1. The van der Waals surface area contributed by atoms with Gasteiger partial charge in [-0.25, -0.2) is 0 Å². The van der Waals surface area contributed by atoms with Crippen LogP contribution in [0.3, 0.4) is 0 Å². The van der Waals surface area contributed by atoms with Gasteiger partial charge in [0.25, 0.3) is 0 Å². The molecule has 1 aromatic carbocycles. The van der Waals surface area contributed by atoms with E-state index < -0.39 is 0 Å². The van der Waals surface area contributed by atoms with Crippen molar-refractivity contribution in [3.63, 3.8) is 0 Å². The van der Waals surface area contributed by atoms with E-state index in [1.165, 1.54) is 10.9 Å². The van der Waals surface area contributed by atoms with E-state index in [2.05, 4.69) is 11.1 Å². The molecule has 2 heterocycles. The molecule has 0 saturated carbocycles. The topological polar surface area (TPSA) is 56.3 Å². The van der Waals surface area contributed by atoms with Gasteiger partial charge in [0, 0.05) is 28.9 Å². The number of carbonyl (C=O) groups excluding carboxylic acids is 1. The van der Waals surface area contributed by atoms with E-state index >= 15 is 0 Å². The molecular weight excluding hydrogens is 276 g/mol. The number of rotatable bonds is 3. The van der Waals surface area contributed by atoms with Crippen molar-refractivity contribution in [1.82, 2.24) is 9.88 Å². The number of carbonyl (C=O) groups is 1. The van der Waals surface area contributed by atoms with Crippen LogP contribution in [0.25, 0.3) is 10.9 Å². The van der Waals surface area contributed by atoms with E-state index in [1.54, 1.807) is 4.90 Å². The van der Waals surface area contributed by atoms with Crippen molar-refractivity contribution in [2.75, 3.05) is 12.5 Å². The van der Waals surface area contributed by atoms with Gasteiger partial charge in [0.05, 0.1) is 19.2 Å². The zero-order valence-electron chi connectivity index (χ0n) is 11.1. The largest absolute Gasteiger partial charge is 0.394 e.